The highest BCUT2D eigenvalue weighted by Crippen LogP contribution is 2.18. The summed E-state index contributed by atoms with van der Waals surface area (Å²) < 4.78 is 1.51. The van der Waals surface area contributed by atoms with Gasteiger partial charge in [0.2, 0.25) is 0 Å². The molecule has 0 radical (unpaired) electrons. The van der Waals surface area contributed by atoms with Crippen molar-refractivity contribution in [2.45, 2.75) is 6.54 Å². The fraction of sp³-hybridized carbons (Fsp3) is 0.222. The Balaban J connectivity index is 2.36. The molecule has 0 atom stereocenters. The maximum absolute atomic E-state index is 9.13. The maximum Gasteiger partial charge on any atom is 0.182 e. The molecule has 0 aliphatic carbocycles. The van der Waals surface area contributed by atoms with Gasteiger partial charge < -0.3 is 10.2 Å². The molecule has 1 aromatic heterocycles. The molecule has 6 nitrogen and oxygen atoms in total. The van der Waals surface area contributed by atoms with E-state index in [0.717, 1.165) is 5.56 Å². The normalized spacial score (nSPS) is 10.5. The lowest BCUT2D eigenvalue weighted by atomic mass is 10.2. The van der Waals surface area contributed by atoms with E-state index in [1.807, 2.05) is 0 Å². The average Bonchev–Trinajstić information content (AvgIpc) is 2.68. The fourth-order valence-electron chi connectivity index (χ4n) is 1.27. The first-order chi connectivity index (χ1) is 7.31. The van der Waals surface area contributed by atoms with Crippen molar-refractivity contribution < 1.29 is 10.2 Å². The summed E-state index contributed by atoms with van der Waals surface area (Å²) in [6.07, 6.45) is 0. The molecule has 0 saturated heterocycles. The van der Waals surface area contributed by atoms with E-state index < -0.39 is 0 Å². The zero-order valence-corrected chi connectivity index (χ0v) is 7.91. The van der Waals surface area contributed by atoms with E-state index in [-0.39, 0.29) is 12.4 Å². The van der Waals surface area contributed by atoms with Gasteiger partial charge in [0.15, 0.2) is 5.82 Å². The van der Waals surface area contributed by atoms with E-state index in [0.29, 0.717) is 12.4 Å². The Morgan fingerprint density at radius 3 is 2.60 bits per heavy atom. The first-order valence-corrected chi connectivity index (χ1v) is 4.47. The van der Waals surface area contributed by atoms with Gasteiger partial charge in [0.05, 0.1) is 13.2 Å². The number of aliphatic hydroxyl groups is 1. The highest BCUT2D eigenvalue weighted by atomic mass is 16.3. The van der Waals surface area contributed by atoms with Crippen LogP contribution >= 0.6 is 0 Å². The Labute approximate surface area is 85.8 Å². The molecular weight excluding hydrogens is 196 g/mol. The van der Waals surface area contributed by atoms with Gasteiger partial charge in [-0.2, -0.15) is 0 Å². The molecule has 0 amide bonds. The lowest BCUT2D eigenvalue weighted by molar-refractivity contribution is 0.269. The Kier molecular flexibility index (Phi) is 2.59. The van der Waals surface area contributed by atoms with Crippen molar-refractivity contribution in [1.29, 1.82) is 0 Å². The SMILES string of the molecule is OCCn1nnnc1-c1ccc(O)cc1. The minimum atomic E-state index is -0.0177. The van der Waals surface area contributed by atoms with E-state index >= 15 is 0 Å². The summed E-state index contributed by atoms with van der Waals surface area (Å²) >= 11 is 0. The molecule has 0 spiro atoms. The number of benzene rings is 1. The lowest BCUT2D eigenvalue weighted by Crippen LogP contribution is -2.06. The van der Waals surface area contributed by atoms with Gasteiger partial charge in [-0.25, -0.2) is 4.68 Å². The van der Waals surface area contributed by atoms with Gasteiger partial charge in [-0.15, -0.1) is 5.10 Å². The monoisotopic (exact) mass is 206 g/mol. The van der Waals surface area contributed by atoms with Crippen LogP contribution in [0.5, 0.6) is 5.75 Å². The molecule has 1 heterocycles. The lowest BCUT2D eigenvalue weighted by Gasteiger charge is -2.02. The van der Waals surface area contributed by atoms with Crippen LogP contribution in [0.2, 0.25) is 0 Å². The minimum Gasteiger partial charge on any atom is -0.508 e. The second-order valence-electron chi connectivity index (χ2n) is 3.00. The highest BCUT2D eigenvalue weighted by molar-refractivity contribution is 5.55. The zero-order valence-electron chi connectivity index (χ0n) is 7.91. The molecule has 15 heavy (non-hydrogen) atoms. The molecule has 0 bridgehead atoms. The van der Waals surface area contributed by atoms with Crippen molar-refractivity contribution in [2.75, 3.05) is 6.61 Å². The maximum atomic E-state index is 9.13. The zero-order chi connectivity index (χ0) is 10.7. The number of phenols is 1. The summed E-state index contributed by atoms with van der Waals surface area (Å²) in [5.74, 6) is 0.768. The van der Waals surface area contributed by atoms with Crippen LogP contribution in [0.4, 0.5) is 0 Å². The molecule has 0 unspecified atom stereocenters. The van der Waals surface area contributed by atoms with Crippen LogP contribution in [0.15, 0.2) is 24.3 Å². The molecule has 2 rings (SSSR count). The highest BCUT2D eigenvalue weighted by Gasteiger charge is 2.07. The molecule has 2 aromatic rings. The van der Waals surface area contributed by atoms with Gasteiger partial charge in [-0.3, -0.25) is 0 Å². The number of hydrogen-bond donors (Lipinski definition) is 2. The number of nitrogens with zero attached hydrogens (tertiary/aromatic N) is 4. The average molecular weight is 206 g/mol. The van der Waals surface area contributed by atoms with Gasteiger partial charge in [0.1, 0.15) is 5.75 Å². The summed E-state index contributed by atoms with van der Waals surface area (Å²) in [4.78, 5) is 0. The Morgan fingerprint density at radius 2 is 1.93 bits per heavy atom. The predicted molar refractivity (Wildman–Crippen MR) is 52.0 cm³/mol. The number of aliphatic hydroxyl groups excluding tert-OH is 1. The van der Waals surface area contributed by atoms with Crippen LogP contribution in [0.25, 0.3) is 11.4 Å². The van der Waals surface area contributed by atoms with Crippen molar-refractivity contribution >= 4 is 0 Å². The van der Waals surface area contributed by atoms with E-state index in [2.05, 4.69) is 15.5 Å². The summed E-state index contributed by atoms with van der Waals surface area (Å²) in [5.41, 5.74) is 0.797. The number of tetrazole rings is 1. The Hall–Kier alpha value is -1.95. The standard InChI is InChI=1S/C9H10N4O2/c14-6-5-13-9(10-11-12-13)7-1-3-8(15)4-2-7/h1-4,14-15H,5-6H2. The van der Waals surface area contributed by atoms with Crippen molar-refractivity contribution in [1.82, 2.24) is 20.2 Å². The van der Waals surface area contributed by atoms with Crippen LogP contribution in [0.1, 0.15) is 0 Å². The third-order valence-electron chi connectivity index (χ3n) is 1.97. The molecule has 0 saturated carbocycles. The Bertz CT molecular complexity index is 438. The Morgan fingerprint density at radius 1 is 1.20 bits per heavy atom. The number of aromatic hydroxyl groups is 1. The summed E-state index contributed by atoms with van der Waals surface area (Å²) in [5, 5.41) is 29.0. The van der Waals surface area contributed by atoms with Crippen molar-refractivity contribution in [3.05, 3.63) is 24.3 Å². The topological polar surface area (TPSA) is 84.1 Å². The first-order valence-electron chi connectivity index (χ1n) is 4.47. The molecular formula is C9H10N4O2. The molecule has 0 fully saturated rings. The molecule has 0 aliphatic rings. The van der Waals surface area contributed by atoms with Gasteiger partial charge in [0.25, 0.3) is 0 Å². The summed E-state index contributed by atoms with van der Waals surface area (Å²) in [6.45, 7) is 0.333. The van der Waals surface area contributed by atoms with E-state index in [4.69, 9.17) is 10.2 Å². The van der Waals surface area contributed by atoms with Crippen LogP contribution in [0.3, 0.4) is 0 Å². The molecule has 78 valence electrons. The minimum absolute atomic E-state index is 0.0177. The molecule has 1 aromatic carbocycles. The number of rotatable bonds is 3. The fourth-order valence-corrected chi connectivity index (χ4v) is 1.27. The van der Waals surface area contributed by atoms with Gasteiger partial charge in [0, 0.05) is 5.56 Å². The van der Waals surface area contributed by atoms with Crippen LogP contribution in [-0.4, -0.2) is 37.0 Å². The number of aromatic nitrogens is 4. The quantitative estimate of drug-likeness (QED) is 0.740. The predicted octanol–water partition coefficient (Wildman–Crippen LogP) is 0.0380. The van der Waals surface area contributed by atoms with Crippen LogP contribution in [0, 0.1) is 0 Å². The van der Waals surface area contributed by atoms with E-state index in [1.54, 1.807) is 24.3 Å². The molecule has 0 aliphatic heterocycles. The first kappa shape index (κ1) is 9.60. The third-order valence-corrected chi connectivity index (χ3v) is 1.97. The second kappa shape index (κ2) is 4.05. The van der Waals surface area contributed by atoms with Crippen LogP contribution < -0.4 is 0 Å². The third kappa shape index (κ3) is 1.94. The van der Waals surface area contributed by atoms with Crippen molar-refractivity contribution in [2.24, 2.45) is 0 Å². The van der Waals surface area contributed by atoms with Crippen molar-refractivity contribution in [3.8, 4) is 17.1 Å². The van der Waals surface area contributed by atoms with E-state index in [1.165, 1.54) is 4.68 Å². The molecule has 6 heteroatoms. The summed E-state index contributed by atoms with van der Waals surface area (Å²) in [6, 6.07) is 6.56. The van der Waals surface area contributed by atoms with E-state index in [9.17, 15) is 0 Å². The number of hydrogen-bond acceptors (Lipinski definition) is 5. The molecule has 2 N–H and O–H groups in total. The van der Waals surface area contributed by atoms with Gasteiger partial charge >= 0.3 is 0 Å². The number of phenolic OH excluding ortho intramolecular Hbond substituents is 1. The van der Waals surface area contributed by atoms with Gasteiger partial charge in [-0.05, 0) is 34.7 Å². The van der Waals surface area contributed by atoms with Crippen LogP contribution in [-0.2, 0) is 6.54 Å². The smallest absolute Gasteiger partial charge is 0.182 e. The summed E-state index contributed by atoms with van der Waals surface area (Å²) in [7, 11) is 0. The van der Waals surface area contributed by atoms with Gasteiger partial charge in [-0.1, -0.05) is 0 Å². The van der Waals surface area contributed by atoms with Crippen molar-refractivity contribution in [3.63, 3.8) is 0 Å². The second-order valence-corrected chi connectivity index (χ2v) is 3.00. The largest absolute Gasteiger partial charge is 0.508 e.